The number of hydrogen-bond acceptors (Lipinski definition) is 6. The van der Waals surface area contributed by atoms with Crippen LogP contribution in [-0.4, -0.2) is 25.8 Å². The molecule has 1 N–H and O–H groups in total. The Balaban J connectivity index is 3.09. The molecule has 0 heterocycles. The first-order valence-electron chi connectivity index (χ1n) is 8.76. The number of nitriles is 3. The molecule has 1 aromatic carbocycles. The van der Waals surface area contributed by atoms with Crippen molar-refractivity contribution in [3.8, 4) is 18.2 Å². The van der Waals surface area contributed by atoms with Crippen LogP contribution in [0.1, 0.15) is 39.5 Å². The smallest absolute Gasteiger partial charge is 0.243 e. The second-order valence-electron chi connectivity index (χ2n) is 5.85. The summed E-state index contributed by atoms with van der Waals surface area (Å²) in [5.41, 5.74) is -0.0928. The summed E-state index contributed by atoms with van der Waals surface area (Å²) in [6.45, 7) is 4.99. The van der Waals surface area contributed by atoms with Gasteiger partial charge in [-0.05, 0) is 37.1 Å². The molecule has 0 bridgehead atoms. The van der Waals surface area contributed by atoms with Crippen molar-refractivity contribution in [1.29, 1.82) is 15.8 Å². The van der Waals surface area contributed by atoms with Crippen molar-refractivity contribution in [3.05, 3.63) is 35.5 Å². The number of benzene rings is 1. The number of nitrogens with one attached hydrogen (secondary N) is 1. The van der Waals surface area contributed by atoms with Gasteiger partial charge in [0.15, 0.2) is 5.57 Å². The highest BCUT2D eigenvalue weighted by molar-refractivity contribution is 7.89. The number of unbranched alkanes of at least 4 members (excludes halogenated alkanes) is 2. The van der Waals surface area contributed by atoms with E-state index in [-0.39, 0.29) is 16.2 Å². The number of allylic oxidation sites excluding steroid dienone is 2. The predicted octanol–water partition coefficient (Wildman–Crippen LogP) is 3.51. The summed E-state index contributed by atoms with van der Waals surface area (Å²) in [5.74, 6) is 0. The molecule has 0 saturated carbocycles. The molecule has 0 saturated heterocycles. The SMILES string of the molecule is CCCCN(CCCC)S(=O)(=O)c1ccc(NC(C#N)=C(C#N)C#N)cc1. The summed E-state index contributed by atoms with van der Waals surface area (Å²) in [6, 6.07) is 11.0. The van der Waals surface area contributed by atoms with Gasteiger partial charge in [-0.2, -0.15) is 20.1 Å². The monoisotopic (exact) mass is 385 g/mol. The molecule has 0 unspecified atom stereocenters. The second-order valence-corrected chi connectivity index (χ2v) is 7.78. The lowest BCUT2D eigenvalue weighted by Crippen LogP contribution is -2.33. The van der Waals surface area contributed by atoms with Gasteiger partial charge in [0.2, 0.25) is 10.0 Å². The molecule has 1 rings (SSSR count). The van der Waals surface area contributed by atoms with Gasteiger partial charge in [-0.25, -0.2) is 8.42 Å². The van der Waals surface area contributed by atoms with Crippen LogP contribution in [0.15, 0.2) is 40.4 Å². The first-order chi connectivity index (χ1) is 12.9. The van der Waals surface area contributed by atoms with Gasteiger partial charge < -0.3 is 5.32 Å². The van der Waals surface area contributed by atoms with Gasteiger partial charge in [0.05, 0.1) is 4.90 Å². The van der Waals surface area contributed by atoms with Crippen LogP contribution in [0.4, 0.5) is 5.69 Å². The average molecular weight is 385 g/mol. The number of sulfonamides is 1. The second kappa shape index (κ2) is 11.0. The van der Waals surface area contributed by atoms with Gasteiger partial charge in [-0.3, -0.25) is 0 Å². The van der Waals surface area contributed by atoms with Gasteiger partial charge in [0, 0.05) is 18.8 Å². The zero-order valence-corrected chi connectivity index (χ0v) is 16.4. The van der Waals surface area contributed by atoms with Crippen molar-refractivity contribution >= 4 is 15.7 Å². The number of rotatable bonds is 10. The predicted molar refractivity (Wildman–Crippen MR) is 103 cm³/mol. The van der Waals surface area contributed by atoms with E-state index in [2.05, 4.69) is 5.32 Å². The van der Waals surface area contributed by atoms with E-state index in [0.717, 1.165) is 25.7 Å². The minimum absolute atomic E-state index is 0.170. The standard InChI is InChI=1S/C19H23N5O2S/c1-3-5-11-24(12-6-4-2)27(25,26)18-9-7-17(8-10-18)23-19(15-22)16(13-20)14-21/h7-10,23H,3-6,11-12H2,1-2H3. The molecule has 1 aromatic rings. The highest BCUT2D eigenvalue weighted by Gasteiger charge is 2.23. The quantitative estimate of drug-likeness (QED) is 0.615. The van der Waals surface area contributed by atoms with Crippen molar-refractivity contribution in [2.75, 3.05) is 18.4 Å². The summed E-state index contributed by atoms with van der Waals surface area (Å²) >= 11 is 0. The van der Waals surface area contributed by atoms with Gasteiger partial charge >= 0.3 is 0 Å². The fourth-order valence-corrected chi connectivity index (χ4v) is 3.82. The maximum atomic E-state index is 12.9. The van der Waals surface area contributed by atoms with Crippen LogP contribution in [0.5, 0.6) is 0 Å². The van der Waals surface area contributed by atoms with Crippen molar-refractivity contribution in [2.24, 2.45) is 0 Å². The summed E-state index contributed by atoms with van der Waals surface area (Å²) in [7, 11) is -3.60. The van der Waals surface area contributed by atoms with E-state index >= 15 is 0 Å². The highest BCUT2D eigenvalue weighted by atomic mass is 32.2. The van der Waals surface area contributed by atoms with Gasteiger partial charge in [-0.1, -0.05) is 26.7 Å². The Morgan fingerprint density at radius 2 is 1.48 bits per heavy atom. The molecule has 0 spiro atoms. The molecule has 8 heteroatoms. The first-order valence-corrected chi connectivity index (χ1v) is 10.2. The minimum Gasteiger partial charge on any atom is -0.345 e. The third-order valence-corrected chi connectivity index (χ3v) is 5.78. The Morgan fingerprint density at radius 1 is 0.963 bits per heavy atom. The Kier molecular flexibility index (Phi) is 9.02. The fraction of sp³-hybridized carbons (Fsp3) is 0.421. The molecule has 0 aromatic heterocycles. The number of nitrogens with zero attached hydrogens (tertiary/aromatic N) is 4. The van der Waals surface area contributed by atoms with E-state index in [1.165, 1.54) is 28.6 Å². The zero-order valence-electron chi connectivity index (χ0n) is 15.6. The van der Waals surface area contributed by atoms with Gasteiger partial charge in [-0.15, -0.1) is 0 Å². The fourth-order valence-electron chi connectivity index (χ4n) is 2.31. The van der Waals surface area contributed by atoms with Crippen molar-refractivity contribution in [1.82, 2.24) is 4.31 Å². The summed E-state index contributed by atoms with van der Waals surface area (Å²) in [6.07, 6.45) is 3.41. The number of anilines is 1. The molecule has 0 aliphatic carbocycles. The van der Waals surface area contributed by atoms with E-state index < -0.39 is 10.0 Å². The molecule has 0 amide bonds. The summed E-state index contributed by atoms with van der Waals surface area (Å²) < 4.78 is 27.3. The van der Waals surface area contributed by atoms with Crippen LogP contribution < -0.4 is 5.32 Å². The largest absolute Gasteiger partial charge is 0.345 e. The highest BCUT2D eigenvalue weighted by Crippen LogP contribution is 2.21. The Hall–Kier alpha value is -2.86. The van der Waals surface area contributed by atoms with Crippen molar-refractivity contribution < 1.29 is 8.42 Å². The van der Waals surface area contributed by atoms with E-state index in [9.17, 15) is 8.42 Å². The summed E-state index contributed by atoms with van der Waals surface area (Å²) in [4.78, 5) is 0.170. The van der Waals surface area contributed by atoms with Crippen LogP contribution in [0.3, 0.4) is 0 Å². The zero-order chi connectivity index (χ0) is 20.3. The molecular formula is C19H23N5O2S. The van der Waals surface area contributed by atoms with Gasteiger partial charge in [0.1, 0.15) is 23.9 Å². The van der Waals surface area contributed by atoms with Crippen molar-refractivity contribution in [3.63, 3.8) is 0 Å². The van der Waals surface area contributed by atoms with Crippen LogP contribution >= 0.6 is 0 Å². The van der Waals surface area contributed by atoms with Crippen LogP contribution in [-0.2, 0) is 10.0 Å². The van der Waals surface area contributed by atoms with E-state index in [1.807, 2.05) is 13.8 Å². The molecule has 0 aliphatic heterocycles. The van der Waals surface area contributed by atoms with E-state index in [4.69, 9.17) is 15.8 Å². The normalized spacial score (nSPS) is 10.5. The molecule has 27 heavy (non-hydrogen) atoms. The number of hydrogen-bond donors (Lipinski definition) is 1. The van der Waals surface area contributed by atoms with Gasteiger partial charge in [0.25, 0.3) is 0 Å². The molecular weight excluding hydrogens is 362 g/mol. The topological polar surface area (TPSA) is 121 Å². The summed E-state index contributed by atoms with van der Waals surface area (Å²) in [5, 5.41) is 29.4. The molecule has 0 fully saturated rings. The van der Waals surface area contributed by atoms with Crippen LogP contribution in [0.25, 0.3) is 0 Å². The average Bonchev–Trinajstić information content (AvgIpc) is 2.68. The maximum Gasteiger partial charge on any atom is 0.243 e. The lowest BCUT2D eigenvalue weighted by molar-refractivity contribution is 0.395. The lowest BCUT2D eigenvalue weighted by atomic mass is 10.2. The van der Waals surface area contributed by atoms with E-state index in [0.29, 0.717) is 18.8 Å². The minimum atomic E-state index is -3.60. The molecule has 0 atom stereocenters. The van der Waals surface area contributed by atoms with E-state index in [1.54, 1.807) is 18.2 Å². The molecule has 7 nitrogen and oxygen atoms in total. The maximum absolute atomic E-state index is 12.9. The lowest BCUT2D eigenvalue weighted by Gasteiger charge is -2.22. The third-order valence-electron chi connectivity index (χ3n) is 3.87. The molecule has 0 radical (unpaired) electrons. The van der Waals surface area contributed by atoms with Crippen LogP contribution in [0, 0.1) is 34.0 Å². The Morgan fingerprint density at radius 3 is 1.89 bits per heavy atom. The first kappa shape index (κ1) is 22.2. The third kappa shape index (κ3) is 6.11. The molecule has 142 valence electrons. The Bertz CT molecular complexity index is 860. The Labute approximate surface area is 161 Å². The van der Waals surface area contributed by atoms with Crippen LogP contribution in [0.2, 0.25) is 0 Å². The molecule has 0 aliphatic rings. The van der Waals surface area contributed by atoms with Crippen molar-refractivity contribution in [2.45, 2.75) is 44.4 Å².